The van der Waals surface area contributed by atoms with Gasteiger partial charge in [0.05, 0.1) is 19.1 Å². The van der Waals surface area contributed by atoms with E-state index in [0.29, 0.717) is 10.6 Å². The molecular weight excluding hydrogens is 336 g/mol. The van der Waals surface area contributed by atoms with Crippen molar-refractivity contribution in [2.24, 2.45) is 5.73 Å². The Morgan fingerprint density at radius 2 is 1.88 bits per heavy atom. The second-order valence-corrected chi connectivity index (χ2v) is 7.31. The fourth-order valence-corrected chi connectivity index (χ4v) is 4.50. The Hall–Kier alpha value is -2.34. The van der Waals surface area contributed by atoms with Crippen LogP contribution in [0.3, 0.4) is 0 Å². The van der Waals surface area contributed by atoms with Crippen LogP contribution in [-0.4, -0.2) is 18.9 Å². The number of nitrogens with two attached hydrogens (primary N) is 1. The topological polar surface area (TPSA) is 81.4 Å². The Morgan fingerprint density at radius 3 is 2.56 bits per heavy atom. The molecule has 6 heteroatoms. The predicted octanol–water partition coefficient (Wildman–Crippen LogP) is 3.31. The third-order valence-corrected chi connectivity index (χ3v) is 5.65. The molecule has 0 aliphatic heterocycles. The summed E-state index contributed by atoms with van der Waals surface area (Å²) in [5, 5.41) is 3.49. The van der Waals surface area contributed by atoms with Crippen molar-refractivity contribution in [1.29, 1.82) is 0 Å². The van der Waals surface area contributed by atoms with E-state index < -0.39 is 5.91 Å². The second-order valence-electron chi connectivity index (χ2n) is 6.21. The zero-order chi connectivity index (χ0) is 17.8. The molecule has 0 radical (unpaired) electrons. The lowest BCUT2D eigenvalue weighted by Crippen LogP contribution is -2.19. The van der Waals surface area contributed by atoms with E-state index in [2.05, 4.69) is 5.32 Å². The van der Waals surface area contributed by atoms with Crippen LogP contribution in [0.15, 0.2) is 24.3 Å². The van der Waals surface area contributed by atoms with Gasteiger partial charge in [-0.1, -0.05) is 18.6 Å². The standard InChI is InChI=1S/C19H22N2O3S/c1-24-13-9-7-12(8-10-13)11-16(22)21-19-17(18(20)23)14-5-3-2-4-6-15(14)25-19/h7-10H,2-6,11H2,1H3,(H2,20,23)(H,21,22). The first-order valence-electron chi connectivity index (χ1n) is 8.45. The highest BCUT2D eigenvalue weighted by atomic mass is 32.1. The molecule has 1 aliphatic carbocycles. The molecule has 2 aromatic rings. The summed E-state index contributed by atoms with van der Waals surface area (Å²) in [6, 6.07) is 7.36. The Morgan fingerprint density at radius 1 is 1.16 bits per heavy atom. The monoisotopic (exact) mass is 358 g/mol. The lowest BCUT2D eigenvalue weighted by molar-refractivity contribution is -0.115. The third-order valence-electron chi connectivity index (χ3n) is 4.44. The van der Waals surface area contributed by atoms with Gasteiger partial charge in [-0.25, -0.2) is 0 Å². The van der Waals surface area contributed by atoms with Crippen molar-refractivity contribution < 1.29 is 14.3 Å². The van der Waals surface area contributed by atoms with Crippen LogP contribution in [0.4, 0.5) is 5.00 Å². The van der Waals surface area contributed by atoms with Gasteiger partial charge in [0.25, 0.3) is 5.91 Å². The number of primary amides is 1. The number of fused-ring (bicyclic) bond motifs is 1. The van der Waals surface area contributed by atoms with Crippen LogP contribution in [0.25, 0.3) is 0 Å². The number of methoxy groups -OCH3 is 1. The summed E-state index contributed by atoms with van der Waals surface area (Å²) >= 11 is 1.50. The first-order valence-corrected chi connectivity index (χ1v) is 9.27. The molecule has 0 saturated carbocycles. The van der Waals surface area contributed by atoms with Crippen LogP contribution in [0.5, 0.6) is 5.75 Å². The van der Waals surface area contributed by atoms with Gasteiger partial charge in [-0.05, 0) is 48.9 Å². The Bertz CT molecular complexity index is 781. The summed E-state index contributed by atoms with van der Waals surface area (Å²) in [7, 11) is 1.61. The number of benzene rings is 1. The molecule has 5 nitrogen and oxygen atoms in total. The quantitative estimate of drug-likeness (QED) is 0.805. The third kappa shape index (κ3) is 4.02. The van der Waals surface area contributed by atoms with Crippen molar-refractivity contribution in [3.05, 3.63) is 45.8 Å². The van der Waals surface area contributed by atoms with E-state index in [4.69, 9.17) is 10.5 Å². The van der Waals surface area contributed by atoms with Crippen molar-refractivity contribution in [3.63, 3.8) is 0 Å². The minimum absolute atomic E-state index is 0.149. The molecule has 132 valence electrons. The van der Waals surface area contributed by atoms with E-state index in [1.165, 1.54) is 22.6 Å². The summed E-state index contributed by atoms with van der Waals surface area (Å²) in [4.78, 5) is 25.5. The number of aryl methyl sites for hydroxylation is 1. The van der Waals surface area contributed by atoms with E-state index in [9.17, 15) is 9.59 Å². The van der Waals surface area contributed by atoms with Gasteiger partial charge in [0.15, 0.2) is 0 Å². The van der Waals surface area contributed by atoms with Crippen molar-refractivity contribution in [3.8, 4) is 5.75 Å². The molecular formula is C19H22N2O3S. The van der Waals surface area contributed by atoms with Gasteiger partial charge in [0.2, 0.25) is 5.91 Å². The molecule has 0 spiro atoms. The molecule has 3 rings (SSSR count). The van der Waals surface area contributed by atoms with Gasteiger partial charge in [-0.15, -0.1) is 11.3 Å². The molecule has 0 atom stereocenters. The van der Waals surface area contributed by atoms with Crippen LogP contribution in [0.2, 0.25) is 0 Å². The molecule has 1 aromatic carbocycles. The van der Waals surface area contributed by atoms with E-state index in [0.717, 1.165) is 42.6 Å². The van der Waals surface area contributed by atoms with Crippen LogP contribution in [-0.2, 0) is 24.1 Å². The number of rotatable bonds is 5. The summed E-state index contributed by atoms with van der Waals surface area (Å²) in [5.41, 5.74) is 8.02. The largest absolute Gasteiger partial charge is 0.497 e. The second kappa shape index (κ2) is 7.70. The fourth-order valence-electron chi connectivity index (χ4n) is 3.19. The number of carbonyl (C=O) groups excluding carboxylic acids is 2. The Kier molecular flexibility index (Phi) is 5.38. The van der Waals surface area contributed by atoms with Crippen molar-refractivity contribution in [2.75, 3.05) is 12.4 Å². The number of hydrogen-bond acceptors (Lipinski definition) is 4. The number of hydrogen-bond donors (Lipinski definition) is 2. The van der Waals surface area contributed by atoms with Crippen molar-refractivity contribution >= 4 is 28.2 Å². The molecule has 0 fully saturated rings. The minimum atomic E-state index is -0.459. The number of amides is 2. The molecule has 3 N–H and O–H groups in total. The van der Waals surface area contributed by atoms with Crippen molar-refractivity contribution in [1.82, 2.24) is 0 Å². The van der Waals surface area contributed by atoms with E-state index in [1.54, 1.807) is 7.11 Å². The van der Waals surface area contributed by atoms with Crippen molar-refractivity contribution in [2.45, 2.75) is 38.5 Å². The highest BCUT2D eigenvalue weighted by Gasteiger charge is 2.24. The van der Waals surface area contributed by atoms with Gasteiger partial charge in [-0.3, -0.25) is 9.59 Å². The molecule has 0 saturated heterocycles. The van der Waals surface area contributed by atoms with E-state index in [1.807, 2.05) is 24.3 Å². The highest BCUT2D eigenvalue weighted by molar-refractivity contribution is 7.17. The summed E-state index contributed by atoms with van der Waals surface area (Å²) in [5.74, 6) is 0.144. The maximum absolute atomic E-state index is 12.4. The maximum atomic E-state index is 12.4. The van der Waals surface area contributed by atoms with Crippen LogP contribution in [0.1, 0.15) is 45.6 Å². The summed E-state index contributed by atoms with van der Waals surface area (Å²) in [6.45, 7) is 0. The lowest BCUT2D eigenvalue weighted by atomic mass is 10.1. The molecule has 0 bridgehead atoms. The first-order chi connectivity index (χ1) is 12.1. The lowest BCUT2D eigenvalue weighted by Gasteiger charge is -2.07. The average molecular weight is 358 g/mol. The number of nitrogens with one attached hydrogen (secondary N) is 1. The van der Waals surface area contributed by atoms with E-state index >= 15 is 0 Å². The predicted molar refractivity (Wildman–Crippen MR) is 99.4 cm³/mol. The van der Waals surface area contributed by atoms with Gasteiger partial charge in [0.1, 0.15) is 10.8 Å². The van der Waals surface area contributed by atoms with Gasteiger partial charge < -0.3 is 15.8 Å². The van der Waals surface area contributed by atoms with Crippen LogP contribution in [0, 0.1) is 0 Å². The van der Waals surface area contributed by atoms with Gasteiger partial charge in [0, 0.05) is 4.88 Å². The summed E-state index contributed by atoms with van der Waals surface area (Å²) < 4.78 is 5.12. The first kappa shape index (κ1) is 17.5. The zero-order valence-electron chi connectivity index (χ0n) is 14.3. The molecule has 1 aliphatic rings. The van der Waals surface area contributed by atoms with Crippen LogP contribution >= 0.6 is 11.3 Å². The zero-order valence-corrected chi connectivity index (χ0v) is 15.1. The highest BCUT2D eigenvalue weighted by Crippen LogP contribution is 2.37. The van der Waals surface area contributed by atoms with Gasteiger partial charge in [-0.2, -0.15) is 0 Å². The smallest absolute Gasteiger partial charge is 0.251 e. The Labute approximate surface area is 151 Å². The molecule has 2 amide bonds. The van der Waals surface area contributed by atoms with Crippen LogP contribution < -0.4 is 15.8 Å². The molecule has 1 heterocycles. The van der Waals surface area contributed by atoms with E-state index in [-0.39, 0.29) is 12.3 Å². The number of ether oxygens (including phenoxy) is 1. The number of carbonyl (C=O) groups is 2. The minimum Gasteiger partial charge on any atom is -0.497 e. The Balaban J connectivity index is 1.77. The maximum Gasteiger partial charge on any atom is 0.251 e. The number of thiophene rings is 1. The van der Waals surface area contributed by atoms with Gasteiger partial charge >= 0.3 is 0 Å². The number of anilines is 1. The normalized spacial score (nSPS) is 13.6. The molecule has 0 unspecified atom stereocenters. The summed E-state index contributed by atoms with van der Waals surface area (Å²) in [6.07, 6.45) is 5.39. The molecule has 25 heavy (non-hydrogen) atoms. The fraction of sp³-hybridized carbons (Fsp3) is 0.368. The SMILES string of the molecule is COc1ccc(CC(=O)Nc2sc3c(c2C(N)=O)CCCCC3)cc1. The molecule has 1 aromatic heterocycles. The average Bonchev–Trinajstić information content (AvgIpc) is 2.76.